The van der Waals surface area contributed by atoms with E-state index in [0.29, 0.717) is 45.8 Å². The predicted molar refractivity (Wildman–Crippen MR) is 232 cm³/mol. The first-order valence-electron chi connectivity index (χ1n) is 20.0. The number of unbranched alkanes of at least 4 members (excludes halogenated alkanes) is 1. The summed E-state index contributed by atoms with van der Waals surface area (Å²) in [7, 11) is 0. The van der Waals surface area contributed by atoms with Gasteiger partial charge in [-0.2, -0.15) is 0 Å². The number of nitrogens with one attached hydrogen (secondary N) is 1. The fourth-order valence-corrected chi connectivity index (χ4v) is 7.86. The van der Waals surface area contributed by atoms with Gasteiger partial charge in [-0.3, -0.25) is 4.99 Å². The van der Waals surface area contributed by atoms with Crippen molar-refractivity contribution in [2.75, 3.05) is 0 Å². The second-order valence-electron chi connectivity index (χ2n) is 17.7. The molecule has 8 rings (SSSR count). The van der Waals surface area contributed by atoms with Crippen LogP contribution < -0.4 is 0 Å². The summed E-state index contributed by atoms with van der Waals surface area (Å²) in [6.45, 7) is 17.5. The van der Waals surface area contributed by atoms with Gasteiger partial charge in [-0.05, 0) is 119 Å². The van der Waals surface area contributed by atoms with Crippen molar-refractivity contribution in [3.05, 3.63) is 148 Å². The van der Waals surface area contributed by atoms with Crippen molar-refractivity contribution in [2.24, 2.45) is 15.9 Å². The van der Waals surface area contributed by atoms with E-state index in [9.17, 15) is 10.2 Å². The molecule has 56 heavy (non-hydrogen) atoms. The molecule has 284 valence electrons. The topological polar surface area (TPSA) is 93.9 Å². The molecule has 5 aromatic rings. The number of fused-ring (bicyclic) bond motifs is 15. The summed E-state index contributed by atoms with van der Waals surface area (Å²) in [6.07, 6.45) is 10.2. The van der Waals surface area contributed by atoms with Crippen LogP contribution in [0.15, 0.2) is 113 Å². The highest BCUT2D eigenvalue weighted by atomic mass is 16.3. The smallest absolute Gasteiger partial charge is 0.134 e. The molecule has 1 unspecified atom stereocenters. The first-order valence-corrected chi connectivity index (χ1v) is 20.0. The molecule has 3 aliphatic heterocycles. The van der Waals surface area contributed by atoms with Gasteiger partial charge in [0.25, 0.3) is 0 Å². The summed E-state index contributed by atoms with van der Waals surface area (Å²) in [4.78, 5) is 19.4. The maximum atomic E-state index is 12.2. The molecule has 2 aromatic heterocycles. The van der Waals surface area contributed by atoms with Crippen molar-refractivity contribution in [3.63, 3.8) is 0 Å². The molecule has 0 radical (unpaired) electrons. The summed E-state index contributed by atoms with van der Waals surface area (Å²) in [5, 5.41) is 24.4. The van der Waals surface area contributed by atoms with E-state index < -0.39 is 0 Å². The monoisotopic (exact) mass is 740 g/mol. The minimum Gasteiger partial charge on any atom is -0.507 e. The summed E-state index contributed by atoms with van der Waals surface area (Å²) in [5.74, 6) is 0.489. The van der Waals surface area contributed by atoms with Crippen molar-refractivity contribution >= 4 is 22.7 Å². The quantitative estimate of drug-likeness (QED) is 0.171. The van der Waals surface area contributed by atoms with Crippen molar-refractivity contribution < 1.29 is 10.2 Å². The lowest BCUT2D eigenvalue weighted by molar-refractivity contribution is 0.471. The van der Waals surface area contributed by atoms with Gasteiger partial charge in [-0.15, -0.1) is 0 Å². The molecule has 0 saturated carbocycles. The lowest BCUT2D eigenvalue weighted by Crippen LogP contribution is -2.17. The van der Waals surface area contributed by atoms with E-state index >= 15 is 0 Å². The van der Waals surface area contributed by atoms with Crippen molar-refractivity contribution in [3.8, 4) is 34.0 Å². The minimum atomic E-state index is -0.200. The van der Waals surface area contributed by atoms with Crippen LogP contribution in [-0.4, -0.2) is 31.6 Å². The molecular formula is C50H52N4O2. The highest BCUT2D eigenvalue weighted by Gasteiger charge is 2.28. The van der Waals surface area contributed by atoms with E-state index in [0.717, 1.165) is 70.0 Å². The Kier molecular flexibility index (Phi) is 9.35. The number of benzene rings is 3. The molecule has 0 fully saturated rings. The van der Waals surface area contributed by atoms with Gasteiger partial charge in [0.1, 0.15) is 11.5 Å². The largest absolute Gasteiger partial charge is 0.507 e. The fourth-order valence-electron chi connectivity index (χ4n) is 7.86. The Morgan fingerprint density at radius 2 is 1.36 bits per heavy atom. The number of rotatable bonds is 4. The Morgan fingerprint density at radius 3 is 2.07 bits per heavy atom. The second kappa shape index (κ2) is 14.1. The number of aromatic nitrogens is 2. The molecule has 5 heterocycles. The van der Waals surface area contributed by atoms with Gasteiger partial charge in [0, 0.05) is 39.2 Å². The molecular weight excluding hydrogens is 689 g/mol. The van der Waals surface area contributed by atoms with Crippen LogP contribution in [0.3, 0.4) is 0 Å². The van der Waals surface area contributed by atoms with Crippen LogP contribution in [0, 0.1) is 5.92 Å². The number of allylic oxidation sites excluding steroid dienone is 3. The lowest BCUT2D eigenvalue weighted by atomic mass is 9.82. The zero-order valence-electron chi connectivity index (χ0n) is 33.9. The number of phenolic OH excluding ortho intramolecular Hbond substituents is 2. The zero-order chi connectivity index (χ0) is 39.5. The first kappa shape index (κ1) is 37.2. The molecule has 1 atom stereocenters. The number of aromatic hydroxyl groups is 2. The maximum absolute atomic E-state index is 12.2. The molecule has 3 aromatic carbocycles. The normalized spacial score (nSPS) is 17.8. The number of aromatic amines is 1. The van der Waals surface area contributed by atoms with Crippen LogP contribution >= 0.6 is 0 Å². The highest BCUT2D eigenvalue weighted by molar-refractivity contribution is 6.17. The van der Waals surface area contributed by atoms with E-state index in [1.807, 2.05) is 36.4 Å². The number of aryl methyl sites for hydroxylation is 1. The van der Waals surface area contributed by atoms with Gasteiger partial charge in [0.15, 0.2) is 0 Å². The molecule has 0 spiro atoms. The Hall–Kier alpha value is -5.75. The molecule has 6 nitrogen and oxygen atoms in total. The number of phenols is 2. The lowest BCUT2D eigenvalue weighted by Gasteiger charge is -2.25. The first-order chi connectivity index (χ1) is 26.7. The standard InChI is InChI=1S/C50H52N4O2/c1-9-10-12-30-15-17-31(18-16-30)46-42-21-19-39(52-42)35-26-32(49(3,4)5)25-34(47(35)55)38-13-11-14-41(51-38)45-24-29(2)23-44(54-45)37-28-33(50(6,7)8)27-36(48(37)56)40-20-22-43(46)53-40/h11,13-22,24-29,52,55-56H,9-10,12,23H2,1-8H3/b46-43-. The number of hydrogen-bond acceptors (Lipinski definition) is 5. The maximum Gasteiger partial charge on any atom is 0.134 e. The second-order valence-corrected chi connectivity index (χ2v) is 17.7. The van der Waals surface area contributed by atoms with Crippen LogP contribution in [0.25, 0.3) is 33.8 Å². The average molecular weight is 741 g/mol. The Morgan fingerprint density at radius 1 is 0.714 bits per heavy atom. The van der Waals surface area contributed by atoms with Crippen LogP contribution in [-0.2, 0) is 17.3 Å². The number of H-pyrrole nitrogens is 1. The Balaban J connectivity index is 1.44. The van der Waals surface area contributed by atoms with E-state index in [4.69, 9.17) is 15.0 Å². The summed E-state index contributed by atoms with van der Waals surface area (Å²) >= 11 is 0. The number of hydrogen-bond donors (Lipinski definition) is 3. The third kappa shape index (κ3) is 6.98. The molecule has 0 amide bonds. The van der Waals surface area contributed by atoms with Gasteiger partial charge in [-0.25, -0.2) is 9.98 Å². The number of aliphatic imine (C=N–C) groups is 2. The van der Waals surface area contributed by atoms with Gasteiger partial charge < -0.3 is 15.2 Å². The van der Waals surface area contributed by atoms with Gasteiger partial charge in [-0.1, -0.05) is 98.2 Å². The average Bonchev–Trinajstić information content (AvgIpc) is 3.84. The summed E-state index contributed by atoms with van der Waals surface area (Å²) < 4.78 is 0. The van der Waals surface area contributed by atoms with Crippen molar-refractivity contribution in [1.29, 1.82) is 0 Å². The molecule has 3 aliphatic rings. The van der Waals surface area contributed by atoms with Crippen LogP contribution in [0.1, 0.15) is 119 Å². The molecule has 12 bridgehead atoms. The van der Waals surface area contributed by atoms with E-state index in [2.05, 4.69) is 121 Å². The predicted octanol–water partition coefficient (Wildman–Crippen LogP) is 12.1. The fraction of sp³-hybridized carbons (Fsp3) is 0.300. The number of pyridine rings is 1. The van der Waals surface area contributed by atoms with Crippen LogP contribution in [0.5, 0.6) is 11.5 Å². The SMILES string of the molecule is CCCCc1ccc(/C2=C3\C=CC(=N3)c3cc(C(C)(C)C)cc(c3O)C3=NC(=CC(C)C3)c3cccc(n3)-c3cc(C(C)(C)C)cc(c3O)-c3ccc2[nH]3)cc1. The van der Waals surface area contributed by atoms with Crippen LogP contribution in [0.4, 0.5) is 0 Å². The Labute approximate surface area is 331 Å². The molecule has 6 heteroatoms. The van der Waals surface area contributed by atoms with Gasteiger partial charge in [0.05, 0.1) is 34.2 Å². The zero-order valence-corrected chi connectivity index (χ0v) is 33.9. The molecule has 0 aliphatic carbocycles. The van der Waals surface area contributed by atoms with Crippen molar-refractivity contribution in [2.45, 2.75) is 91.9 Å². The summed E-state index contributed by atoms with van der Waals surface area (Å²) in [5.41, 5.74) is 13.9. The third-order valence-electron chi connectivity index (χ3n) is 11.2. The summed E-state index contributed by atoms with van der Waals surface area (Å²) in [6, 6.07) is 27.1. The van der Waals surface area contributed by atoms with Gasteiger partial charge >= 0.3 is 0 Å². The Bertz CT molecular complexity index is 2530. The van der Waals surface area contributed by atoms with E-state index in [1.54, 1.807) is 0 Å². The van der Waals surface area contributed by atoms with E-state index in [1.165, 1.54) is 5.56 Å². The van der Waals surface area contributed by atoms with Gasteiger partial charge in [0.2, 0.25) is 0 Å². The van der Waals surface area contributed by atoms with E-state index in [-0.39, 0.29) is 28.2 Å². The highest BCUT2D eigenvalue weighted by Crippen LogP contribution is 2.44. The number of nitrogens with zero attached hydrogens (tertiary/aromatic N) is 3. The van der Waals surface area contributed by atoms with Crippen LogP contribution in [0.2, 0.25) is 0 Å². The minimum absolute atomic E-state index is 0.151. The molecule has 3 N–H and O–H groups in total. The molecule has 0 saturated heterocycles. The van der Waals surface area contributed by atoms with Crippen molar-refractivity contribution in [1.82, 2.24) is 9.97 Å². The third-order valence-corrected chi connectivity index (χ3v) is 11.2.